The predicted molar refractivity (Wildman–Crippen MR) is 128 cm³/mol. The van der Waals surface area contributed by atoms with Gasteiger partial charge in [-0.15, -0.1) is 15.5 Å². The quantitative estimate of drug-likeness (QED) is 0.288. The maximum absolute atomic E-state index is 13.7. The molecule has 1 unspecified atom stereocenters. The van der Waals surface area contributed by atoms with E-state index in [0.29, 0.717) is 18.2 Å². The van der Waals surface area contributed by atoms with Crippen LogP contribution in [0, 0.1) is 5.82 Å². The molecule has 1 heterocycles. The lowest BCUT2D eigenvalue weighted by atomic mass is 10.00. The highest BCUT2D eigenvalue weighted by Crippen LogP contribution is 2.82. The van der Waals surface area contributed by atoms with Crippen LogP contribution in [0.15, 0.2) is 53.4 Å². The fourth-order valence-corrected chi connectivity index (χ4v) is 5.16. The summed E-state index contributed by atoms with van der Waals surface area (Å²) in [6, 6.07) is 10.9. The van der Waals surface area contributed by atoms with Gasteiger partial charge in [-0.05, 0) is 49.9 Å². The summed E-state index contributed by atoms with van der Waals surface area (Å²) >= 11 is 0. The molecule has 190 valence electrons. The van der Waals surface area contributed by atoms with E-state index in [-0.39, 0.29) is 18.3 Å². The van der Waals surface area contributed by atoms with Crippen LogP contribution in [0.25, 0.3) is 0 Å². The number of carbonyl (C=O) groups excluding carboxylic acids is 1. The molecule has 1 atom stereocenters. The summed E-state index contributed by atoms with van der Waals surface area (Å²) in [6.07, 6.45) is 3.62. The molecule has 1 N–H and O–H groups in total. The average Bonchev–Trinajstić information content (AvgIpc) is 2.78. The van der Waals surface area contributed by atoms with Gasteiger partial charge in [0.25, 0.3) is 0 Å². The minimum Gasteiger partial charge on any atom is -0.317 e. The molecule has 0 aromatic heterocycles. The van der Waals surface area contributed by atoms with Crippen molar-refractivity contribution in [3.05, 3.63) is 59.9 Å². The Morgan fingerprint density at radius 3 is 2.35 bits per heavy atom. The second kappa shape index (κ2) is 10.5. The van der Waals surface area contributed by atoms with Crippen LogP contribution in [-0.2, 0) is 6.54 Å². The van der Waals surface area contributed by atoms with Crippen molar-refractivity contribution in [1.82, 2.24) is 9.80 Å². The van der Waals surface area contributed by atoms with Gasteiger partial charge >= 0.3 is 6.03 Å². The van der Waals surface area contributed by atoms with Crippen LogP contribution in [-0.4, -0.2) is 41.0 Å². The third kappa shape index (κ3) is 6.85. The number of thiol groups is 1. The van der Waals surface area contributed by atoms with Gasteiger partial charge in [-0.3, -0.25) is 0 Å². The van der Waals surface area contributed by atoms with Crippen molar-refractivity contribution < 1.29 is 24.7 Å². The number of carbonyl (C=O) groups is 1. The number of hydrogen-bond acceptors (Lipinski definition) is 2. The summed E-state index contributed by atoms with van der Waals surface area (Å²) < 4.78 is 66.7. The molecule has 0 aliphatic carbocycles. The summed E-state index contributed by atoms with van der Waals surface area (Å²) in [5, 5.41) is 2.43. The van der Waals surface area contributed by atoms with Crippen molar-refractivity contribution in [3.63, 3.8) is 0 Å². The van der Waals surface area contributed by atoms with E-state index < -0.39 is 27.4 Å². The van der Waals surface area contributed by atoms with E-state index in [1.54, 1.807) is 4.90 Å². The van der Waals surface area contributed by atoms with Gasteiger partial charge < -0.3 is 15.1 Å². The highest BCUT2D eigenvalue weighted by Gasteiger charge is 2.42. The van der Waals surface area contributed by atoms with Gasteiger partial charge in [-0.2, -0.15) is 0 Å². The summed E-state index contributed by atoms with van der Waals surface area (Å²) in [5.74, 6) is -1.69. The molecule has 2 amide bonds. The van der Waals surface area contributed by atoms with Gasteiger partial charge in [0.05, 0.1) is 0 Å². The smallest absolute Gasteiger partial charge is 0.317 e. The lowest BCUT2D eigenvalue weighted by Crippen LogP contribution is -2.50. The minimum absolute atomic E-state index is 0.117. The molecule has 1 saturated heterocycles. The number of rotatable bonds is 8. The molecule has 10 heteroatoms. The average molecular weight is 506 g/mol. The van der Waals surface area contributed by atoms with Crippen molar-refractivity contribution in [2.24, 2.45) is 0 Å². The first-order valence-corrected chi connectivity index (χ1v) is 13.3. The maximum atomic E-state index is 13.7. The standard InChI is InChI=1S/C24H32F5N3OS/c1-3-7-18(2)31-14-12-21(13-15-31)32(17-19-8-5-4-6-9-19)24(33)30-20-10-11-22(25)23(16-20)34(26,27,28)29/h4-6,8-11,16,18,21,34H,3,7,12-15,17H2,1-2H3,(H,30,33). The highest BCUT2D eigenvalue weighted by atomic mass is 32.4. The van der Waals surface area contributed by atoms with Crippen LogP contribution in [0.3, 0.4) is 0 Å². The molecule has 2 aromatic rings. The molecule has 1 aliphatic rings. The fraction of sp³-hybridized carbons (Fsp3) is 0.458. The zero-order chi connectivity index (χ0) is 25.0. The van der Waals surface area contributed by atoms with E-state index in [1.165, 1.54) is 0 Å². The lowest BCUT2D eigenvalue weighted by Gasteiger charge is -2.40. The van der Waals surface area contributed by atoms with E-state index >= 15 is 0 Å². The van der Waals surface area contributed by atoms with E-state index in [9.17, 15) is 24.7 Å². The van der Waals surface area contributed by atoms with Gasteiger partial charge in [-0.1, -0.05) is 43.7 Å². The van der Waals surface area contributed by atoms with E-state index in [0.717, 1.165) is 50.4 Å². The number of nitrogens with one attached hydrogen (secondary N) is 1. The monoisotopic (exact) mass is 505 g/mol. The van der Waals surface area contributed by atoms with Gasteiger partial charge in [0.1, 0.15) is 10.7 Å². The van der Waals surface area contributed by atoms with Crippen LogP contribution < -0.4 is 5.32 Å². The summed E-state index contributed by atoms with van der Waals surface area (Å²) in [7, 11) is -8.33. The van der Waals surface area contributed by atoms with Crippen molar-refractivity contribution in [1.29, 1.82) is 0 Å². The Hall–Kier alpha value is -2.33. The zero-order valence-corrected chi connectivity index (χ0v) is 20.3. The molecule has 34 heavy (non-hydrogen) atoms. The third-order valence-electron chi connectivity index (χ3n) is 6.29. The lowest BCUT2D eigenvalue weighted by molar-refractivity contribution is 0.0989. The topological polar surface area (TPSA) is 35.6 Å². The fourth-order valence-electron chi connectivity index (χ4n) is 4.43. The minimum atomic E-state index is -8.33. The molecule has 3 rings (SSSR count). The van der Waals surface area contributed by atoms with Crippen molar-refractivity contribution >= 4 is 22.4 Å². The highest BCUT2D eigenvalue weighted by molar-refractivity contribution is 8.33. The van der Waals surface area contributed by atoms with Gasteiger partial charge in [0, 0.05) is 37.4 Å². The number of hydrogen-bond donors (Lipinski definition) is 2. The molecule has 1 fully saturated rings. The zero-order valence-electron chi connectivity index (χ0n) is 19.4. The molecule has 0 bridgehead atoms. The van der Waals surface area contributed by atoms with Crippen molar-refractivity contribution in [3.8, 4) is 0 Å². The Balaban J connectivity index is 1.79. The number of amides is 2. The third-order valence-corrected chi connectivity index (χ3v) is 7.36. The number of nitrogens with zero attached hydrogens (tertiary/aromatic N) is 2. The van der Waals surface area contributed by atoms with E-state index in [2.05, 4.69) is 24.1 Å². The van der Waals surface area contributed by atoms with Crippen molar-refractivity contribution in [2.45, 2.75) is 63.1 Å². The van der Waals surface area contributed by atoms with E-state index in [1.807, 2.05) is 30.3 Å². The summed E-state index contributed by atoms with van der Waals surface area (Å²) in [6.45, 7) is 6.22. The first-order chi connectivity index (χ1) is 15.9. The number of benzene rings is 2. The van der Waals surface area contributed by atoms with Crippen molar-refractivity contribution in [2.75, 3.05) is 18.4 Å². The number of anilines is 1. The van der Waals surface area contributed by atoms with Crippen LogP contribution in [0.2, 0.25) is 0 Å². The number of piperidine rings is 1. The summed E-state index contributed by atoms with van der Waals surface area (Å²) in [5.41, 5.74) is 0.581. The SMILES string of the molecule is CCCC(C)N1CCC(N(Cc2ccccc2)C(=O)Nc2ccc(F)c([SH](F)(F)(F)F)c2)CC1. The molecule has 0 radical (unpaired) electrons. The number of halogens is 5. The molecular formula is C24H32F5N3OS. The molecule has 0 saturated carbocycles. The Labute approximate surface area is 198 Å². The Morgan fingerprint density at radius 2 is 1.76 bits per heavy atom. The molecule has 0 spiro atoms. The Morgan fingerprint density at radius 1 is 1.12 bits per heavy atom. The first kappa shape index (κ1) is 26.3. The van der Waals surface area contributed by atoms with Gasteiger partial charge in [0.2, 0.25) is 0 Å². The molecule has 1 aliphatic heterocycles. The second-order valence-corrected chi connectivity index (χ2v) is 10.8. The maximum Gasteiger partial charge on any atom is 0.322 e. The molecule has 4 nitrogen and oxygen atoms in total. The second-order valence-electron chi connectivity index (χ2n) is 8.84. The molecule has 2 aromatic carbocycles. The van der Waals surface area contributed by atoms with Crippen LogP contribution in [0.5, 0.6) is 0 Å². The van der Waals surface area contributed by atoms with Gasteiger partial charge in [-0.25, -0.2) is 9.18 Å². The van der Waals surface area contributed by atoms with Gasteiger partial charge in [0.15, 0.2) is 10.7 Å². The number of likely N-dealkylation sites (tertiary alicyclic amines) is 1. The normalized spacial score (nSPS) is 17.6. The van der Waals surface area contributed by atoms with E-state index in [4.69, 9.17) is 0 Å². The Kier molecular flexibility index (Phi) is 8.13. The Bertz CT molecular complexity index is 968. The number of urea groups is 1. The summed E-state index contributed by atoms with van der Waals surface area (Å²) in [4.78, 5) is 15.3. The van der Waals surface area contributed by atoms with Crippen LogP contribution >= 0.6 is 10.7 Å². The predicted octanol–water partition coefficient (Wildman–Crippen LogP) is 7.48. The van der Waals surface area contributed by atoms with Crippen LogP contribution in [0.1, 0.15) is 45.1 Å². The largest absolute Gasteiger partial charge is 0.322 e. The first-order valence-electron chi connectivity index (χ1n) is 11.5. The van der Waals surface area contributed by atoms with Crippen LogP contribution in [0.4, 0.5) is 30.4 Å². The molecular weight excluding hydrogens is 473 g/mol.